The third-order valence-electron chi connectivity index (χ3n) is 2.65. The topological polar surface area (TPSA) is 63.1 Å². The number of nitrogens with zero attached hydrogens (tertiary/aromatic N) is 2. The molecule has 1 heterocycles. The van der Waals surface area contributed by atoms with Gasteiger partial charge in [0.25, 0.3) is 0 Å². The smallest absolute Gasteiger partial charge is 0.340 e. The summed E-state index contributed by atoms with van der Waals surface area (Å²) in [4.78, 5) is 19.7. The van der Waals surface area contributed by atoms with Gasteiger partial charge in [-0.3, -0.25) is 0 Å². The Bertz CT molecular complexity index is 662. The van der Waals surface area contributed by atoms with Crippen LogP contribution in [-0.4, -0.2) is 21.0 Å². The molecule has 0 aliphatic heterocycles. The lowest BCUT2D eigenvalue weighted by atomic mass is 10.2. The van der Waals surface area contributed by atoms with E-state index in [0.717, 1.165) is 10.0 Å². The van der Waals surface area contributed by atoms with Crippen molar-refractivity contribution in [2.24, 2.45) is 0 Å². The number of rotatable bonds is 4. The summed E-state index contributed by atoms with van der Waals surface area (Å²) in [5.41, 5.74) is 1.80. The van der Waals surface area contributed by atoms with Crippen LogP contribution >= 0.6 is 27.7 Å². The summed E-state index contributed by atoms with van der Waals surface area (Å²) < 4.78 is 1.00. The predicted octanol–water partition coefficient (Wildman–Crippen LogP) is 3.85. The van der Waals surface area contributed by atoms with Gasteiger partial charge in [0, 0.05) is 10.2 Å². The molecule has 0 spiro atoms. The molecule has 0 bridgehead atoms. The zero-order chi connectivity index (χ0) is 14.7. The summed E-state index contributed by atoms with van der Waals surface area (Å²) in [5.74, 6) is 0.263. The Morgan fingerprint density at radius 1 is 1.35 bits per heavy atom. The second-order valence-electron chi connectivity index (χ2n) is 4.26. The highest BCUT2D eigenvalue weighted by molar-refractivity contribution is 9.10. The van der Waals surface area contributed by atoms with Crippen LogP contribution in [0.5, 0.6) is 0 Å². The number of thioether (sulfide) groups is 1. The lowest BCUT2D eigenvalue weighted by molar-refractivity contribution is 0.0690. The summed E-state index contributed by atoms with van der Waals surface area (Å²) in [5, 5.41) is 9.79. The van der Waals surface area contributed by atoms with Crippen molar-refractivity contribution in [1.82, 2.24) is 9.97 Å². The fourth-order valence-electron chi connectivity index (χ4n) is 1.81. The third-order valence-corrected chi connectivity index (χ3v) is 4.19. The number of hydrogen-bond donors (Lipinski definition) is 1. The third kappa shape index (κ3) is 3.58. The van der Waals surface area contributed by atoms with Crippen LogP contribution in [0.25, 0.3) is 0 Å². The van der Waals surface area contributed by atoms with Crippen molar-refractivity contribution in [1.29, 1.82) is 0 Å². The first-order chi connectivity index (χ1) is 9.47. The van der Waals surface area contributed by atoms with E-state index >= 15 is 0 Å². The molecule has 0 saturated heterocycles. The van der Waals surface area contributed by atoms with E-state index in [-0.39, 0.29) is 5.56 Å². The number of halogens is 1. The molecule has 1 aromatic heterocycles. The quantitative estimate of drug-likeness (QED) is 0.668. The van der Waals surface area contributed by atoms with Crippen LogP contribution in [0.2, 0.25) is 0 Å². The number of carboxylic acids is 1. The molecule has 0 aliphatic carbocycles. The number of aryl methyl sites for hydroxylation is 2. The summed E-state index contributed by atoms with van der Waals surface area (Å²) in [6.07, 6.45) is 0. The second kappa shape index (κ2) is 6.37. The Morgan fingerprint density at radius 2 is 2.10 bits per heavy atom. The van der Waals surface area contributed by atoms with E-state index in [1.807, 2.05) is 24.3 Å². The average molecular weight is 353 g/mol. The van der Waals surface area contributed by atoms with E-state index in [0.29, 0.717) is 22.3 Å². The van der Waals surface area contributed by atoms with E-state index in [9.17, 15) is 9.90 Å². The minimum Gasteiger partial charge on any atom is -0.478 e. The maximum atomic E-state index is 11.3. The SMILES string of the molecule is Cc1nc(C)c(C(=O)O)c(SCc2cccc(Br)c2)n1. The highest BCUT2D eigenvalue weighted by Crippen LogP contribution is 2.27. The van der Waals surface area contributed by atoms with Crippen LogP contribution in [0.4, 0.5) is 0 Å². The Kier molecular flexibility index (Phi) is 4.77. The van der Waals surface area contributed by atoms with Gasteiger partial charge in [-0.05, 0) is 31.5 Å². The predicted molar refractivity (Wildman–Crippen MR) is 82.2 cm³/mol. The van der Waals surface area contributed by atoms with Crippen molar-refractivity contribution in [3.05, 3.63) is 51.4 Å². The van der Waals surface area contributed by atoms with Crippen molar-refractivity contribution in [2.75, 3.05) is 0 Å². The van der Waals surface area contributed by atoms with Gasteiger partial charge < -0.3 is 5.11 Å². The van der Waals surface area contributed by atoms with Gasteiger partial charge in [-0.15, -0.1) is 11.8 Å². The fourth-order valence-corrected chi connectivity index (χ4v) is 3.32. The van der Waals surface area contributed by atoms with E-state index in [1.165, 1.54) is 11.8 Å². The summed E-state index contributed by atoms with van der Waals surface area (Å²) in [6.45, 7) is 3.46. The molecule has 1 aromatic carbocycles. The Morgan fingerprint density at radius 3 is 2.75 bits per heavy atom. The highest BCUT2D eigenvalue weighted by Gasteiger charge is 2.17. The second-order valence-corrected chi connectivity index (χ2v) is 6.14. The van der Waals surface area contributed by atoms with Gasteiger partial charge in [0.2, 0.25) is 0 Å². The van der Waals surface area contributed by atoms with Gasteiger partial charge in [0.05, 0.1) is 5.69 Å². The molecule has 0 aliphatic rings. The number of carbonyl (C=O) groups is 1. The molecule has 0 radical (unpaired) electrons. The maximum Gasteiger partial charge on any atom is 0.340 e. The molecule has 4 nitrogen and oxygen atoms in total. The molecule has 2 rings (SSSR count). The van der Waals surface area contributed by atoms with Crippen molar-refractivity contribution < 1.29 is 9.90 Å². The zero-order valence-corrected chi connectivity index (χ0v) is 13.5. The van der Waals surface area contributed by atoms with Gasteiger partial charge in [-0.25, -0.2) is 14.8 Å². The summed E-state index contributed by atoms with van der Waals surface area (Å²) in [6, 6.07) is 7.91. The molecular weight excluding hydrogens is 340 g/mol. The number of hydrogen-bond acceptors (Lipinski definition) is 4. The van der Waals surface area contributed by atoms with Gasteiger partial charge in [-0.2, -0.15) is 0 Å². The molecule has 20 heavy (non-hydrogen) atoms. The standard InChI is InChI=1S/C14H13BrN2O2S/c1-8-12(14(18)19)13(17-9(2)16-8)20-7-10-4-3-5-11(15)6-10/h3-6H,7H2,1-2H3,(H,18,19). The summed E-state index contributed by atoms with van der Waals surface area (Å²) in [7, 11) is 0. The zero-order valence-electron chi connectivity index (χ0n) is 11.1. The monoisotopic (exact) mass is 352 g/mol. The van der Waals surface area contributed by atoms with Crippen molar-refractivity contribution in [3.8, 4) is 0 Å². The van der Waals surface area contributed by atoms with Crippen LogP contribution in [0.3, 0.4) is 0 Å². The molecule has 0 saturated carbocycles. The molecule has 0 unspecified atom stereocenters. The van der Waals surface area contributed by atoms with Gasteiger partial charge >= 0.3 is 5.97 Å². The van der Waals surface area contributed by atoms with Crippen LogP contribution < -0.4 is 0 Å². The van der Waals surface area contributed by atoms with E-state index < -0.39 is 5.97 Å². The Balaban J connectivity index is 2.27. The molecule has 104 valence electrons. The number of aromatic carboxylic acids is 1. The number of carboxylic acid groups (broad SMARTS) is 1. The first-order valence-electron chi connectivity index (χ1n) is 5.93. The highest BCUT2D eigenvalue weighted by atomic mass is 79.9. The molecule has 6 heteroatoms. The maximum absolute atomic E-state index is 11.3. The van der Waals surface area contributed by atoms with Crippen LogP contribution in [0, 0.1) is 13.8 Å². The average Bonchev–Trinajstić information content (AvgIpc) is 2.35. The fraction of sp³-hybridized carbons (Fsp3) is 0.214. The Labute approximate surface area is 129 Å². The van der Waals surface area contributed by atoms with E-state index in [4.69, 9.17) is 0 Å². The molecule has 1 N–H and O–H groups in total. The Hall–Kier alpha value is -1.40. The van der Waals surface area contributed by atoms with E-state index in [1.54, 1.807) is 13.8 Å². The minimum absolute atomic E-state index is 0.190. The molecule has 0 fully saturated rings. The molecule has 0 atom stereocenters. The van der Waals surface area contributed by atoms with Crippen molar-refractivity contribution >= 4 is 33.7 Å². The largest absolute Gasteiger partial charge is 0.478 e. The van der Waals surface area contributed by atoms with Gasteiger partial charge in [0.1, 0.15) is 16.4 Å². The van der Waals surface area contributed by atoms with Crippen LogP contribution in [0.15, 0.2) is 33.8 Å². The normalized spacial score (nSPS) is 10.6. The van der Waals surface area contributed by atoms with Crippen LogP contribution in [0.1, 0.15) is 27.4 Å². The minimum atomic E-state index is -0.987. The number of aromatic nitrogens is 2. The van der Waals surface area contributed by atoms with Gasteiger partial charge in [0.15, 0.2) is 0 Å². The van der Waals surface area contributed by atoms with Crippen molar-refractivity contribution in [3.63, 3.8) is 0 Å². The molecule has 2 aromatic rings. The lowest BCUT2D eigenvalue weighted by Crippen LogP contribution is -2.08. The first kappa shape index (κ1) is 15.0. The van der Waals surface area contributed by atoms with E-state index in [2.05, 4.69) is 25.9 Å². The first-order valence-corrected chi connectivity index (χ1v) is 7.71. The van der Waals surface area contributed by atoms with Crippen LogP contribution in [-0.2, 0) is 5.75 Å². The lowest BCUT2D eigenvalue weighted by Gasteiger charge is -2.08. The number of benzene rings is 1. The molecule has 0 amide bonds. The van der Waals surface area contributed by atoms with Crippen molar-refractivity contribution in [2.45, 2.75) is 24.6 Å². The summed E-state index contributed by atoms with van der Waals surface area (Å²) >= 11 is 4.83. The van der Waals surface area contributed by atoms with Gasteiger partial charge in [-0.1, -0.05) is 28.1 Å². The molecular formula is C14H13BrN2O2S.